The number of amides is 1. The second-order valence-corrected chi connectivity index (χ2v) is 4.12. The third-order valence-corrected chi connectivity index (χ3v) is 2.40. The third kappa shape index (κ3) is 3.99. The van der Waals surface area contributed by atoms with Gasteiger partial charge in [-0.3, -0.25) is 4.79 Å². The number of carbonyl (C=O) groups is 1. The lowest BCUT2D eigenvalue weighted by Gasteiger charge is -2.21. The zero-order chi connectivity index (χ0) is 12.8. The fraction of sp³-hybridized carbons (Fsp3) is 0.545. The average molecular weight is 238 g/mol. The summed E-state index contributed by atoms with van der Waals surface area (Å²) in [5.74, 6) is 0.416. The van der Waals surface area contributed by atoms with Gasteiger partial charge in [-0.25, -0.2) is 0 Å². The molecular weight excluding hydrogens is 220 g/mol. The van der Waals surface area contributed by atoms with E-state index < -0.39 is 5.91 Å². The number of aromatic nitrogens is 2. The maximum Gasteiger partial charge on any atom is 0.269 e. The molecule has 1 aromatic rings. The summed E-state index contributed by atoms with van der Waals surface area (Å²) in [7, 11) is 1.65. The second kappa shape index (κ2) is 6.15. The van der Waals surface area contributed by atoms with E-state index in [2.05, 4.69) is 29.4 Å². The highest BCUT2D eigenvalue weighted by atomic mass is 16.5. The molecule has 3 N–H and O–H groups in total. The fourth-order valence-corrected chi connectivity index (χ4v) is 1.31. The van der Waals surface area contributed by atoms with Crippen molar-refractivity contribution in [2.24, 2.45) is 11.7 Å². The van der Waals surface area contributed by atoms with Crippen LogP contribution in [0.1, 0.15) is 24.3 Å². The number of anilines is 1. The molecule has 1 amide bonds. The van der Waals surface area contributed by atoms with Crippen LogP contribution in [-0.2, 0) is 4.74 Å². The molecule has 1 rings (SSSR count). The van der Waals surface area contributed by atoms with E-state index in [0.717, 1.165) is 0 Å². The van der Waals surface area contributed by atoms with E-state index in [1.54, 1.807) is 19.2 Å². The molecule has 0 saturated carbocycles. The van der Waals surface area contributed by atoms with Crippen molar-refractivity contribution in [3.8, 4) is 0 Å². The number of methoxy groups -OCH3 is 1. The van der Waals surface area contributed by atoms with Crippen molar-refractivity contribution in [2.75, 3.05) is 19.0 Å². The number of hydrogen-bond acceptors (Lipinski definition) is 5. The predicted molar refractivity (Wildman–Crippen MR) is 64.7 cm³/mol. The van der Waals surface area contributed by atoms with Gasteiger partial charge in [0, 0.05) is 7.11 Å². The number of ether oxygens (including phenoxy) is 1. The van der Waals surface area contributed by atoms with Gasteiger partial charge in [-0.1, -0.05) is 13.8 Å². The average Bonchev–Trinajstić information content (AvgIpc) is 2.29. The lowest BCUT2D eigenvalue weighted by molar-refractivity contribution is 0.0994. The summed E-state index contributed by atoms with van der Waals surface area (Å²) in [6.07, 6.45) is 0. The van der Waals surface area contributed by atoms with Gasteiger partial charge in [0.05, 0.1) is 12.6 Å². The highest BCUT2D eigenvalue weighted by molar-refractivity contribution is 5.90. The predicted octanol–water partition coefficient (Wildman–Crippen LogP) is 0.658. The van der Waals surface area contributed by atoms with Crippen LogP contribution in [0.3, 0.4) is 0 Å². The molecule has 1 aromatic heterocycles. The van der Waals surface area contributed by atoms with Gasteiger partial charge < -0.3 is 15.8 Å². The van der Waals surface area contributed by atoms with E-state index in [0.29, 0.717) is 18.3 Å². The summed E-state index contributed by atoms with van der Waals surface area (Å²) in [5.41, 5.74) is 5.24. The van der Waals surface area contributed by atoms with E-state index >= 15 is 0 Å². The summed E-state index contributed by atoms with van der Waals surface area (Å²) in [4.78, 5) is 10.8. The third-order valence-electron chi connectivity index (χ3n) is 2.40. The van der Waals surface area contributed by atoms with Crippen molar-refractivity contribution in [1.82, 2.24) is 10.2 Å². The molecule has 1 heterocycles. The van der Waals surface area contributed by atoms with Crippen LogP contribution < -0.4 is 11.1 Å². The van der Waals surface area contributed by atoms with Gasteiger partial charge in [-0.2, -0.15) is 0 Å². The molecule has 0 radical (unpaired) electrons. The minimum absolute atomic E-state index is 0.147. The summed E-state index contributed by atoms with van der Waals surface area (Å²) < 4.78 is 5.11. The van der Waals surface area contributed by atoms with E-state index in [4.69, 9.17) is 10.5 Å². The monoisotopic (exact) mass is 238 g/mol. The summed E-state index contributed by atoms with van der Waals surface area (Å²) in [5, 5.41) is 10.8. The first-order valence-corrected chi connectivity index (χ1v) is 5.43. The number of carbonyl (C=O) groups excluding carboxylic acids is 1. The van der Waals surface area contributed by atoms with Crippen molar-refractivity contribution in [2.45, 2.75) is 19.9 Å². The molecule has 17 heavy (non-hydrogen) atoms. The molecule has 1 unspecified atom stereocenters. The number of nitrogens with one attached hydrogen (secondary N) is 1. The van der Waals surface area contributed by atoms with Crippen molar-refractivity contribution in [3.05, 3.63) is 17.8 Å². The Bertz CT molecular complexity index is 364. The number of hydrogen-bond donors (Lipinski definition) is 2. The van der Waals surface area contributed by atoms with Gasteiger partial charge in [0.2, 0.25) is 0 Å². The van der Waals surface area contributed by atoms with Gasteiger partial charge in [-0.05, 0) is 18.1 Å². The molecule has 0 aromatic carbocycles. The normalized spacial score (nSPS) is 12.5. The first kappa shape index (κ1) is 13.4. The Morgan fingerprint density at radius 1 is 1.47 bits per heavy atom. The largest absolute Gasteiger partial charge is 0.383 e. The molecule has 6 heteroatoms. The lowest BCUT2D eigenvalue weighted by atomic mass is 10.1. The van der Waals surface area contributed by atoms with Crippen LogP contribution in [0.25, 0.3) is 0 Å². The molecule has 0 fully saturated rings. The van der Waals surface area contributed by atoms with Crippen molar-refractivity contribution in [1.29, 1.82) is 0 Å². The Kier molecular flexibility index (Phi) is 4.84. The molecule has 0 aliphatic rings. The Balaban J connectivity index is 2.69. The van der Waals surface area contributed by atoms with E-state index in [9.17, 15) is 4.79 Å². The molecule has 0 bridgehead atoms. The highest BCUT2D eigenvalue weighted by Gasteiger charge is 2.13. The van der Waals surface area contributed by atoms with Gasteiger partial charge in [0.1, 0.15) is 5.82 Å². The maximum atomic E-state index is 10.8. The summed E-state index contributed by atoms with van der Waals surface area (Å²) in [6, 6.07) is 3.37. The quantitative estimate of drug-likeness (QED) is 0.759. The number of nitrogens with zero attached hydrogens (tertiary/aromatic N) is 2. The van der Waals surface area contributed by atoms with Gasteiger partial charge >= 0.3 is 0 Å². The molecule has 1 atom stereocenters. The topological polar surface area (TPSA) is 90.1 Å². The highest BCUT2D eigenvalue weighted by Crippen LogP contribution is 2.10. The second-order valence-electron chi connectivity index (χ2n) is 4.12. The molecule has 0 aliphatic heterocycles. The van der Waals surface area contributed by atoms with Gasteiger partial charge in [0.25, 0.3) is 5.91 Å². The number of primary amides is 1. The molecular formula is C11H18N4O2. The summed E-state index contributed by atoms with van der Waals surface area (Å²) in [6.45, 7) is 4.75. The Morgan fingerprint density at radius 2 is 2.18 bits per heavy atom. The molecule has 0 spiro atoms. The van der Waals surface area contributed by atoms with Crippen molar-refractivity contribution >= 4 is 11.7 Å². The van der Waals surface area contributed by atoms with Crippen LogP contribution in [-0.4, -0.2) is 35.9 Å². The zero-order valence-electron chi connectivity index (χ0n) is 10.3. The van der Waals surface area contributed by atoms with Crippen molar-refractivity contribution < 1.29 is 9.53 Å². The van der Waals surface area contributed by atoms with Crippen LogP contribution >= 0.6 is 0 Å². The van der Waals surface area contributed by atoms with Crippen LogP contribution in [0.5, 0.6) is 0 Å². The Morgan fingerprint density at radius 3 is 2.59 bits per heavy atom. The van der Waals surface area contributed by atoms with Gasteiger partial charge in [-0.15, -0.1) is 10.2 Å². The van der Waals surface area contributed by atoms with E-state index in [1.807, 2.05) is 0 Å². The summed E-state index contributed by atoms with van der Waals surface area (Å²) >= 11 is 0. The van der Waals surface area contributed by atoms with Crippen LogP contribution in [0.2, 0.25) is 0 Å². The molecule has 6 nitrogen and oxygen atoms in total. The van der Waals surface area contributed by atoms with E-state index in [-0.39, 0.29) is 11.7 Å². The SMILES string of the molecule is COCC(Nc1ccc(C(N)=O)nn1)C(C)C. The maximum absolute atomic E-state index is 10.8. The Labute approximate surface area is 101 Å². The smallest absolute Gasteiger partial charge is 0.269 e. The number of nitrogens with two attached hydrogens (primary N) is 1. The molecule has 0 aliphatic carbocycles. The molecule has 94 valence electrons. The van der Waals surface area contributed by atoms with Gasteiger partial charge in [0.15, 0.2) is 5.69 Å². The van der Waals surface area contributed by atoms with Crippen LogP contribution in [0, 0.1) is 5.92 Å². The minimum Gasteiger partial charge on any atom is -0.383 e. The van der Waals surface area contributed by atoms with Crippen molar-refractivity contribution in [3.63, 3.8) is 0 Å². The Hall–Kier alpha value is -1.69. The zero-order valence-corrected chi connectivity index (χ0v) is 10.3. The number of rotatable bonds is 6. The van der Waals surface area contributed by atoms with Crippen LogP contribution in [0.15, 0.2) is 12.1 Å². The fourth-order valence-electron chi connectivity index (χ4n) is 1.31. The first-order chi connectivity index (χ1) is 8.04. The lowest BCUT2D eigenvalue weighted by Crippen LogP contribution is -2.31. The standard InChI is InChI=1S/C11H18N4O2/c1-7(2)9(6-17-3)13-10-5-4-8(11(12)16)14-15-10/h4-5,7,9H,6H2,1-3H3,(H2,12,16)(H,13,15). The minimum atomic E-state index is -0.582. The van der Waals surface area contributed by atoms with E-state index in [1.165, 1.54) is 0 Å². The van der Waals surface area contributed by atoms with Crippen LogP contribution in [0.4, 0.5) is 5.82 Å². The molecule has 0 saturated heterocycles. The first-order valence-electron chi connectivity index (χ1n) is 5.43.